The molecule has 0 saturated heterocycles. The molecule has 2 heterocycles. The zero-order chi connectivity index (χ0) is 13.4. The number of pyridine rings is 1. The Balaban J connectivity index is 2.34. The number of hydrogen-bond donors (Lipinski definition) is 1. The van der Waals surface area contributed by atoms with E-state index in [4.69, 9.17) is 0 Å². The van der Waals surface area contributed by atoms with Crippen LogP contribution in [0.2, 0.25) is 0 Å². The normalized spacial score (nSPS) is 10.8. The SMILES string of the molecule is O=C(O)c1sc2ncccc2c1-c1ccc(F)cc1. The van der Waals surface area contributed by atoms with Gasteiger partial charge in [-0.25, -0.2) is 14.2 Å². The lowest BCUT2D eigenvalue weighted by molar-refractivity contribution is 0.0703. The van der Waals surface area contributed by atoms with Crippen LogP contribution in [0.15, 0.2) is 42.6 Å². The summed E-state index contributed by atoms with van der Waals surface area (Å²) >= 11 is 1.13. The van der Waals surface area contributed by atoms with Gasteiger partial charge in [0, 0.05) is 17.1 Å². The number of thiophene rings is 1. The molecule has 3 aromatic rings. The average molecular weight is 273 g/mol. The van der Waals surface area contributed by atoms with Gasteiger partial charge in [-0.3, -0.25) is 0 Å². The number of aromatic carboxylic acids is 1. The summed E-state index contributed by atoms with van der Waals surface area (Å²) in [6.07, 6.45) is 1.62. The molecule has 1 aromatic carbocycles. The summed E-state index contributed by atoms with van der Waals surface area (Å²) < 4.78 is 13.0. The van der Waals surface area contributed by atoms with Crippen molar-refractivity contribution in [3.8, 4) is 11.1 Å². The molecule has 19 heavy (non-hydrogen) atoms. The van der Waals surface area contributed by atoms with Crippen LogP contribution in [0.4, 0.5) is 4.39 Å². The highest BCUT2D eigenvalue weighted by Crippen LogP contribution is 2.37. The number of rotatable bonds is 2. The second-order valence-electron chi connectivity index (χ2n) is 3.97. The molecule has 1 N–H and O–H groups in total. The van der Waals surface area contributed by atoms with Crippen LogP contribution in [0.3, 0.4) is 0 Å². The average Bonchev–Trinajstić information content (AvgIpc) is 2.79. The predicted octanol–water partition coefficient (Wildman–Crippen LogP) is 3.80. The maximum atomic E-state index is 13.0. The summed E-state index contributed by atoms with van der Waals surface area (Å²) in [6.45, 7) is 0. The summed E-state index contributed by atoms with van der Waals surface area (Å²) in [5.74, 6) is -1.35. The molecule has 0 radical (unpaired) electrons. The molecular formula is C14H8FNO2S. The van der Waals surface area contributed by atoms with Crippen LogP contribution in [0, 0.1) is 5.82 Å². The fourth-order valence-electron chi connectivity index (χ4n) is 1.99. The molecule has 94 valence electrons. The van der Waals surface area contributed by atoms with E-state index >= 15 is 0 Å². The first kappa shape index (κ1) is 11.8. The van der Waals surface area contributed by atoms with Crippen LogP contribution in [0.25, 0.3) is 21.3 Å². The van der Waals surface area contributed by atoms with E-state index in [1.807, 2.05) is 6.07 Å². The molecule has 5 heteroatoms. The van der Waals surface area contributed by atoms with Crippen LogP contribution in [-0.2, 0) is 0 Å². The summed E-state index contributed by atoms with van der Waals surface area (Å²) in [5, 5.41) is 10.1. The molecule has 0 aliphatic carbocycles. The zero-order valence-electron chi connectivity index (χ0n) is 9.63. The maximum absolute atomic E-state index is 13.0. The Labute approximate surface area is 112 Å². The van der Waals surface area contributed by atoms with Gasteiger partial charge in [-0.1, -0.05) is 12.1 Å². The first-order chi connectivity index (χ1) is 9.16. The van der Waals surface area contributed by atoms with Crippen molar-refractivity contribution in [2.24, 2.45) is 0 Å². The van der Waals surface area contributed by atoms with E-state index in [1.54, 1.807) is 24.4 Å². The van der Waals surface area contributed by atoms with Crippen molar-refractivity contribution in [3.63, 3.8) is 0 Å². The Hall–Kier alpha value is -2.27. The van der Waals surface area contributed by atoms with Crippen molar-refractivity contribution in [3.05, 3.63) is 53.3 Å². The van der Waals surface area contributed by atoms with Crippen LogP contribution < -0.4 is 0 Å². The Morgan fingerprint density at radius 1 is 1.21 bits per heavy atom. The number of benzene rings is 1. The van der Waals surface area contributed by atoms with Gasteiger partial charge in [0.1, 0.15) is 15.5 Å². The van der Waals surface area contributed by atoms with Gasteiger partial charge in [0.15, 0.2) is 0 Å². The second kappa shape index (κ2) is 4.44. The molecule has 3 nitrogen and oxygen atoms in total. The molecule has 0 bridgehead atoms. The lowest BCUT2D eigenvalue weighted by Gasteiger charge is -2.02. The van der Waals surface area contributed by atoms with E-state index in [2.05, 4.69) is 4.98 Å². The van der Waals surface area contributed by atoms with Crippen molar-refractivity contribution >= 4 is 27.5 Å². The summed E-state index contributed by atoms with van der Waals surface area (Å²) in [5.41, 5.74) is 1.28. The number of carboxylic acid groups (broad SMARTS) is 1. The second-order valence-corrected chi connectivity index (χ2v) is 4.97. The van der Waals surface area contributed by atoms with Crippen molar-refractivity contribution < 1.29 is 14.3 Å². The van der Waals surface area contributed by atoms with Crippen molar-refractivity contribution in [1.29, 1.82) is 0 Å². The molecule has 0 fully saturated rings. The molecule has 0 aliphatic rings. The van der Waals surface area contributed by atoms with Crippen molar-refractivity contribution in [1.82, 2.24) is 4.98 Å². The summed E-state index contributed by atoms with van der Waals surface area (Å²) in [6, 6.07) is 9.38. The maximum Gasteiger partial charge on any atom is 0.346 e. The highest BCUT2D eigenvalue weighted by atomic mass is 32.1. The van der Waals surface area contributed by atoms with Gasteiger partial charge in [0.2, 0.25) is 0 Å². The lowest BCUT2D eigenvalue weighted by atomic mass is 10.0. The number of fused-ring (bicyclic) bond motifs is 1. The quantitative estimate of drug-likeness (QED) is 0.772. The van der Waals surface area contributed by atoms with E-state index < -0.39 is 5.97 Å². The largest absolute Gasteiger partial charge is 0.477 e. The number of aromatic nitrogens is 1. The fraction of sp³-hybridized carbons (Fsp3) is 0. The Kier molecular flexibility index (Phi) is 2.76. The number of carbonyl (C=O) groups is 1. The van der Waals surface area contributed by atoms with E-state index in [0.29, 0.717) is 16.0 Å². The monoisotopic (exact) mass is 273 g/mol. The summed E-state index contributed by atoms with van der Waals surface area (Å²) in [7, 11) is 0. The van der Waals surface area contributed by atoms with Gasteiger partial charge < -0.3 is 5.11 Å². The highest BCUT2D eigenvalue weighted by molar-refractivity contribution is 7.21. The first-order valence-corrected chi connectivity index (χ1v) is 6.35. The van der Waals surface area contributed by atoms with Crippen molar-refractivity contribution in [2.75, 3.05) is 0 Å². The van der Waals surface area contributed by atoms with Crippen LogP contribution in [0.1, 0.15) is 9.67 Å². The first-order valence-electron chi connectivity index (χ1n) is 5.53. The molecule has 0 amide bonds. The van der Waals surface area contributed by atoms with Gasteiger partial charge >= 0.3 is 5.97 Å². The van der Waals surface area contributed by atoms with Gasteiger partial charge in [-0.05, 0) is 29.8 Å². The number of hydrogen-bond acceptors (Lipinski definition) is 3. The number of carboxylic acids is 1. The molecule has 0 aliphatic heterocycles. The minimum Gasteiger partial charge on any atom is -0.477 e. The van der Waals surface area contributed by atoms with Gasteiger partial charge in [0.05, 0.1) is 0 Å². The molecule has 0 spiro atoms. The smallest absolute Gasteiger partial charge is 0.346 e. The molecule has 3 rings (SSSR count). The third-order valence-corrected chi connectivity index (χ3v) is 3.89. The zero-order valence-corrected chi connectivity index (χ0v) is 10.4. The van der Waals surface area contributed by atoms with E-state index in [1.165, 1.54) is 12.1 Å². The lowest BCUT2D eigenvalue weighted by Crippen LogP contribution is -1.94. The minimum atomic E-state index is -0.998. The minimum absolute atomic E-state index is 0.223. The topological polar surface area (TPSA) is 50.2 Å². The molecule has 0 atom stereocenters. The molecule has 2 aromatic heterocycles. The number of halogens is 1. The van der Waals surface area contributed by atoms with Crippen LogP contribution in [0.5, 0.6) is 0 Å². The van der Waals surface area contributed by atoms with Gasteiger partial charge in [-0.2, -0.15) is 0 Å². The van der Waals surface area contributed by atoms with Gasteiger partial charge in [-0.15, -0.1) is 11.3 Å². The standard InChI is InChI=1S/C14H8FNO2S/c15-9-5-3-8(4-6-9)11-10-2-1-7-16-13(10)19-12(11)14(17)18/h1-7H,(H,17,18). The van der Waals surface area contributed by atoms with Crippen LogP contribution in [-0.4, -0.2) is 16.1 Å². The van der Waals surface area contributed by atoms with Crippen molar-refractivity contribution in [2.45, 2.75) is 0 Å². The highest BCUT2D eigenvalue weighted by Gasteiger charge is 2.19. The third-order valence-electron chi connectivity index (χ3n) is 2.79. The molecule has 0 saturated carbocycles. The van der Waals surface area contributed by atoms with E-state index in [0.717, 1.165) is 16.7 Å². The number of nitrogens with zero attached hydrogens (tertiary/aromatic N) is 1. The molecule has 0 unspecified atom stereocenters. The predicted molar refractivity (Wildman–Crippen MR) is 72.0 cm³/mol. The molecular weight excluding hydrogens is 265 g/mol. The Morgan fingerprint density at radius 2 is 1.95 bits per heavy atom. The fourth-order valence-corrected chi connectivity index (χ4v) is 2.99. The third kappa shape index (κ3) is 1.98. The Bertz CT molecular complexity index is 765. The summed E-state index contributed by atoms with van der Waals surface area (Å²) in [4.78, 5) is 16.4. The van der Waals surface area contributed by atoms with E-state index in [-0.39, 0.29) is 10.7 Å². The Morgan fingerprint density at radius 3 is 2.63 bits per heavy atom. The van der Waals surface area contributed by atoms with E-state index in [9.17, 15) is 14.3 Å². The van der Waals surface area contributed by atoms with Crippen LogP contribution >= 0.6 is 11.3 Å². The van der Waals surface area contributed by atoms with Gasteiger partial charge in [0.25, 0.3) is 0 Å².